The van der Waals surface area contributed by atoms with Crippen molar-refractivity contribution in [1.29, 1.82) is 0 Å². The Bertz CT molecular complexity index is 850. The van der Waals surface area contributed by atoms with Crippen molar-refractivity contribution in [1.82, 2.24) is 4.72 Å². The lowest BCUT2D eigenvalue weighted by molar-refractivity contribution is -0.134. The Morgan fingerprint density at radius 3 is 2.73 bits per heavy atom. The molecule has 0 aromatic heterocycles. The zero-order valence-electron chi connectivity index (χ0n) is 14.4. The highest BCUT2D eigenvalue weighted by atomic mass is 32.2. The van der Waals surface area contributed by atoms with Crippen LogP contribution in [0.5, 0.6) is 0 Å². The minimum Gasteiger partial charge on any atom is -0.384 e. The first-order valence-electron chi connectivity index (χ1n) is 8.74. The summed E-state index contributed by atoms with van der Waals surface area (Å²) in [6.07, 6.45) is 7.72. The summed E-state index contributed by atoms with van der Waals surface area (Å²) in [4.78, 5) is 24.5. The molecule has 140 valence electrons. The summed E-state index contributed by atoms with van der Waals surface area (Å²) in [6.45, 7) is 0.637. The fourth-order valence-corrected chi connectivity index (χ4v) is 4.56. The van der Waals surface area contributed by atoms with E-state index >= 15 is 0 Å². The molecule has 1 heterocycles. The number of rotatable bonds is 1. The lowest BCUT2D eigenvalue weighted by Gasteiger charge is -2.16. The molecule has 2 aliphatic rings. The van der Waals surface area contributed by atoms with Crippen molar-refractivity contribution in [2.24, 2.45) is 17.1 Å². The number of carbonyl (C=O) groups excluding carboxylic acids is 2. The monoisotopic (exact) mass is 377 g/mol. The Labute approximate surface area is 153 Å². The molecule has 2 atom stereocenters. The number of carbonyl (C=O) groups is 2. The van der Waals surface area contributed by atoms with Crippen LogP contribution >= 0.6 is 0 Å². The molecule has 2 amide bonds. The van der Waals surface area contributed by atoms with E-state index in [1.165, 1.54) is 6.07 Å². The van der Waals surface area contributed by atoms with Crippen LogP contribution in [0, 0.1) is 11.3 Å². The normalized spacial score (nSPS) is 29.5. The van der Waals surface area contributed by atoms with E-state index in [2.05, 4.69) is 10.0 Å². The summed E-state index contributed by atoms with van der Waals surface area (Å²) in [5.41, 5.74) is 4.39. The molecule has 0 bridgehead atoms. The third-order valence-electron chi connectivity index (χ3n) is 4.99. The molecule has 0 unspecified atom stereocenters. The number of para-hydroxylation sites is 1. The fraction of sp³-hybridized carbons (Fsp3) is 0.444. The molecule has 3 rings (SSSR count). The van der Waals surface area contributed by atoms with Crippen molar-refractivity contribution in [3.63, 3.8) is 0 Å². The van der Waals surface area contributed by atoms with Gasteiger partial charge in [0, 0.05) is 12.5 Å². The van der Waals surface area contributed by atoms with Gasteiger partial charge in [0.25, 0.3) is 10.0 Å². The van der Waals surface area contributed by atoms with E-state index in [0.29, 0.717) is 12.2 Å². The molecule has 8 heteroatoms. The van der Waals surface area contributed by atoms with Gasteiger partial charge in [0.2, 0.25) is 11.8 Å². The summed E-state index contributed by atoms with van der Waals surface area (Å²) < 4.78 is 27.5. The molecule has 1 saturated carbocycles. The van der Waals surface area contributed by atoms with Crippen LogP contribution in [0.25, 0.3) is 0 Å². The number of sulfonamides is 1. The van der Waals surface area contributed by atoms with Crippen LogP contribution in [0.3, 0.4) is 0 Å². The molecule has 1 aliphatic carbocycles. The zero-order valence-corrected chi connectivity index (χ0v) is 15.2. The lowest BCUT2D eigenvalue weighted by atomic mass is 10.0. The quantitative estimate of drug-likeness (QED) is 0.506. The number of allylic oxidation sites excluding steroid dienone is 2. The van der Waals surface area contributed by atoms with Crippen LogP contribution in [0.4, 0.5) is 5.69 Å². The van der Waals surface area contributed by atoms with Gasteiger partial charge in [-0.15, -0.1) is 0 Å². The molecular weight excluding hydrogens is 354 g/mol. The summed E-state index contributed by atoms with van der Waals surface area (Å²) in [5.74, 6) is -2.01. The van der Waals surface area contributed by atoms with Crippen LogP contribution in [-0.4, -0.2) is 26.8 Å². The summed E-state index contributed by atoms with van der Waals surface area (Å²) in [6, 6.07) is 6.40. The largest absolute Gasteiger partial charge is 0.384 e. The Kier molecular flexibility index (Phi) is 5.04. The third kappa shape index (κ3) is 3.46. The van der Waals surface area contributed by atoms with Gasteiger partial charge < -0.3 is 11.1 Å². The van der Waals surface area contributed by atoms with Crippen LogP contribution in [0.1, 0.15) is 32.1 Å². The number of hydrogen-bond donors (Lipinski definition) is 3. The number of anilines is 1. The Balaban J connectivity index is 1.95. The second-order valence-corrected chi connectivity index (χ2v) is 8.43. The van der Waals surface area contributed by atoms with Crippen molar-refractivity contribution >= 4 is 27.5 Å². The molecule has 4 N–H and O–H groups in total. The van der Waals surface area contributed by atoms with Gasteiger partial charge in [-0.2, -0.15) is 0 Å². The first-order valence-corrected chi connectivity index (χ1v) is 10.2. The first-order chi connectivity index (χ1) is 12.4. The third-order valence-corrected chi connectivity index (χ3v) is 6.38. The number of fused-ring (bicyclic) bond motifs is 2. The SMILES string of the molecule is NC(=O)[C@@]12C[C@H]1/C=C\CCCCCNc1ccccc1S(=O)(=O)NC2=O. The average molecular weight is 377 g/mol. The maximum atomic E-state index is 12.7. The number of hydrogen-bond acceptors (Lipinski definition) is 5. The maximum absolute atomic E-state index is 12.7. The van der Waals surface area contributed by atoms with E-state index in [-0.39, 0.29) is 17.2 Å². The predicted molar refractivity (Wildman–Crippen MR) is 97.6 cm³/mol. The van der Waals surface area contributed by atoms with Gasteiger partial charge in [0.1, 0.15) is 10.3 Å². The van der Waals surface area contributed by atoms with Crippen molar-refractivity contribution in [2.45, 2.75) is 37.0 Å². The second-order valence-electron chi connectivity index (χ2n) is 6.78. The molecule has 26 heavy (non-hydrogen) atoms. The van der Waals surface area contributed by atoms with Gasteiger partial charge in [-0.05, 0) is 37.8 Å². The van der Waals surface area contributed by atoms with E-state index in [1.54, 1.807) is 18.2 Å². The van der Waals surface area contributed by atoms with E-state index in [1.807, 2.05) is 12.2 Å². The molecule has 1 aromatic rings. The molecule has 1 fully saturated rings. The minimum absolute atomic E-state index is 0.0180. The van der Waals surface area contributed by atoms with Crippen molar-refractivity contribution in [3.05, 3.63) is 36.4 Å². The smallest absolute Gasteiger partial charge is 0.266 e. The van der Waals surface area contributed by atoms with Crippen molar-refractivity contribution < 1.29 is 18.0 Å². The molecule has 0 saturated heterocycles. The number of nitrogens with two attached hydrogens (primary N) is 1. The molecular formula is C18H23N3O4S. The van der Waals surface area contributed by atoms with Gasteiger partial charge >= 0.3 is 0 Å². The fourth-order valence-electron chi connectivity index (χ4n) is 3.34. The highest BCUT2D eigenvalue weighted by Crippen LogP contribution is 2.53. The zero-order chi connectivity index (χ0) is 18.8. The van der Waals surface area contributed by atoms with Gasteiger partial charge in [0.15, 0.2) is 0 Å². The highest BCUT2D eigenvalue weighted by Gasteiger charge is 2.64. The van der Waals surface area contributed by atoms with E-state index in [0.717, 1.165) is 25.7 Å². The molecule has 0 radical (unpaired) electrons. The Morgan fingerprint density at radius 1 is 1.19 bits per heavy atom. The first kappa shape index (κ1) is 18.4. The number of primary amides is 1. The molecule has 1 aromatic carbocycles. The lowest BCUT2D eigenvalue weighted by Crippen LogP contribution is -2.44. The average Bonchev–Trinajstić information content (AvgIpc) is 3.32. The van der Waals surface area contributed by atoms with Crippen LogP contribution in [0.2, 0.25) is 0 Å². The number of benzene rings is 1. The predicted octanol–water partition coefficient (Wildman–Crippen LogP) is 1.53. The Hall–Kier alpha value is -2.35. The standard InChI is InChI=1S/C18H23N3O4S/c19-16(22)18-12-13(18)8-4-2-1-3-7-11-20-14-9-5-6-10-15(14)26(24,25)21-17(18)23/h4-6,8-10,13,20H,1-3,7,11-12H2,(H2,19,22)(H,21,23)/b8-4-/t13-,18-/m1/s1. The van der Waals surface area contributed by atoms with Gasteiger partial charge in [0.05, 0.1) is 5.69 Å². The minimum atomic E-state index is -4.12. The van der Waals surface area contributed by atoms with E-state index < -0.39 is 27.3 Å². The van der Waals surface area contributed by atoms with E-state index in [9.17, 15) is 18.0 Å². The van der Waals surface area contributed by atoms with Gasteiger partial charge in [-0.1, -0.05) is 30.7 Å². The highest BCUT2D eigenvalue weighted by molar-refractivity contribution is 7.90. The van der Waals surface area contributed by atoms with Crippen LogP contribution < -0.4 is 15.8 Å². The second kappa shape index (κ2) is 7.11. The van der Waals surface area contributed by atoms with Crippen LogP contribution in [-0.2, 0) is 19.6 Å². The maximum Gasteiger partial charge on any atom is 0.266 e. The van der Waals surface area contributed by atoms with Crippen LogP contribution in [0.15, 0.2) is 41.3 Å². The summed E-state index contributed by atoms with van der Waals surface area (Å²) in [5, 5.41) is 3.12. The molecule has 0 spiro atoms. The number of nitrogens with one attached hydrogen (secondary N) is 2. The van der Waals surface area contributed by atoms with Gasteiger partial charge in [-0.3, -0.25) is 9.59 Å². The molecule has 1 aliphatic heterocycles. The van der Waals surface area contributed by atoms with Crippen molar-refractivity contribution in [2.75, 3.05) is 11.9 Å². The topological polar surface area (TPSA) is 118 Å². The van der Waals surface area contributed by atoms with Crippen molar-refractivity contribution in [3.8, 4) is 0 Å². The summed E-state index contributed by atoms with van der Waals surface area (Å²) >= 11 is 0. The van der Waals surface area contributed by atoms with Gasteiger partial charge in [-0.25, -0.2) is 13.1 Å². The molecule has 7 nitrogen and oxygen atoms in total. The van der Waals surface area contributed by atoms with E-state index in [4.69, 9.17) is 5.73 Å². The Morgan fingerprint density at radius 2 is 1.96 bits per heavy atom. The summed E-state index contributed by atoms with van der Waals surface area (Å²) in [7, 11) is -4.12. The number of amides is 2.